The van der Waals surface area contributed by atoms with E-state index in [1.54, 1.807) is 0 Å². The molecule has 0 N–H and O–H groups in total. The summed E-state index contributed by atoms with van der Waals surface area (Å²) in [6.07, 6.45) is 0. The molecular formula is C41H26N2O2. The SMILES string of the molecule is c1ccc(-c2ccc(N(c3ccc4oc5ccccc5c4c3)c3ccc4ccc5nc(-c6ccccc6)oc5c4c3)cc2)cc1. The Hall–Kier alpha value is -6.13. The van der Waals surface area contributed by atoms with Crippen LogP contribution in [0, 0.1) is 0 Å². The number of hydrogen-bond donors (Lipinski definition) is 0. The van der Waals surface area contributed by atoms with Crippen molar-refractivity contribution in [3.05, 3.63) is 158 Å². The first kappa shape index (κ1) is 25.4. The van der Waals surface area contributed by atoms with Gasteiger partial charge in [-0.1, -0.05) is 91.0 Å². The first-order valence-corrected chi connectivity index (χ1v) is 15.0. The number of rotatable bonds is 5. The second kappa shape index (κ2) is 10.2. The minimum Gasteiger partial charge on any atom is -0.456 e. The number of nitrogens with zero attached hydrogens (tertiary/aromatic N) is 2. The standard InChI is InChI=1S/C41H26N2O2/c1-3-9-27(10-4-1)28-15-19-31(20-16-28)43(33-22-24-39-36(26-33)34-13-7-8-14-38(34)44-39)32-21-17-29-18-23-37-40(35(29)25-32)45-41(42-37)30-11-5-2-6-12-30/h1-26H. The highest BCUT2D eigenvalue weighted by Crippen LogP contribution is 2.41. The van der Waals surface area contributed by atoms with Gasteiger partial charge < -0.3 is 13.7 Å². The Morgan fingerprint density at radius 2 is 1.02 bits per heavy atom. The van der Waals surface area contributed by atoms with Crippen molar-refractivity contribution in [1.29, 1.82) is 0 Å². The molecule has 0 radical (unpaired) electrons. The van der Waals surface area contributed by atoms with Crippen LogP contribution in [0.5, 0.6) is 0 Å². The average molecular weight is 579 g/mol. The Bertz CT molecular complexity index is 2480. The van der Waals surface area contributed by atoms with Crippen molar-refractivity contribution in [2.75, 3.05) is 4.90 Å². The second-order valence-electron chi connectivity index (χ2n) is 11.2. The van der Waals surface area contributed by atoms with Crippen molar-refractivity contribution in [3.8, 4) is 22.6 Å². The molecule has 212 valence electrons. The van der Waals surface area contributed by atoms with E-state index in [-0.39, 0.29) is 0 Å². The fourth-order valence-electron chi connectivity index (χ4n) is 6.27. The van der Waals surface area contributed by atoms with Gasteiger partial charge in [-0.25, -0.2) is 4.98 Å². The van der Waals surface area contributed by atoms with Gasteiger partial charge in [0.1, 0.15) is 16.7 Å². The van der Waals surface area contributed by atoms with Gasteiger partial charge in [0.25, 0.3) is 0 Å². The third-order valence-electron chi connectivity index (χ3n) is 8.49. The molecule has 0 aliphatic rings. The van der Waals surface area contributed by atoms with E-state index in [0.29, 0.717) is 5.89 Å². The van der Waals surface area contributed by atoms with Crippen LogP contribution >= 0.6 is 0 Å². The summed E-state index contributed by atoms with van der Waals surface area (Å²) < 4.78 is 12.6. The number of anilines is 3. The molecule has 7 aromatic carbocycles. The lowest BCUT2D eigenvalue weighted by molar-refractivity contribution is 0.623. The largest absolute Gasteiger partial charge is 0.456 e. The third-order valence-corrected chi connectivity index (χ3v) is 8.49. The van der Waals surface area contributed by atoms with E-state index in [0.717, 1.165) is 66.4 Å². The molecule has 0 atom stereocenters. The van der Waals surface area contributed by atoms with Gasteiger partial charge in [-0.05, 0) is 83.2 Å². The summed E-state index contributed by atoms with van der Waals surface area (Å²) in [7, 11) is 0. The predicted molar refractivity (Wildman–Crippen MR) is 184 cm³/mol. The van der Waals surface area contributed by atoms with Crippen LogP contribution in [-0.4, -0.2) is 4.98 Å². The highest BCUT2D eigenvalue weighted by atomic mass is 16.3. The number of benzene rings is 7. The van der Waals surface area contributed by atoms with Crippen LogP contribution < -0.4 is 4.90 Å². The fraction of sp³-hybridized carbons (Fsp3) is 0. The minimum atomic E-state index is 0.620. The molecule has 0 aliphatic heterocycles. The number of oxazole rings is 1. The van der Waals surface area contributed by atoms with Gasteiger partial charge >= 0.3 is 0 Å². The zero-order valence-electron chi connectivity index (χ0n) is 24.2. The molecule has 45 heavy (non-hydrogen) atoms. The summed E-state index contributed by atoms with van der Waals surface area (Å²) >= 11 is 0. The van der Waals surface area contributed by atoms with Crippen molar-refractivity contribution >= 4 is 60.9 Å². The molecule has 0 spiro atoms. The van der Waals surface area contributed by atoms with Gasteiger partial charge in [-0.15, -0.1) is 0 Å². The molecule has 2 heterocycles. The van der Waals surface area contributed by atoms with E-state index in [4.69, 9.17) is 13.8 Å². The van der Waals surface area contributed by atoms with E-state index >= 15 is 0 Å². The Kier molecular flexibility index (Phi) is 5.78. The number of para-hydroxylation sites is 1. The summed E-state index contributed by atoms with van der Waals surface area (Å²) in [4.78, 5) is 7.12. The smallest absolute Gasteiger partial charge is 0.227 e. The summed E-state index contributed by atoms with van der Waals surface area (Å²) in [6.45, 7) is 0. The second-order valence-corrected chi connectivity index (χ2v) is 11.2. The van der Waals surface area contributed by atoms with Gasteiger partial charge in [0.2, 0.25) is 5.89 Å². The molecule has 0 fully saturated rings. The van der Waals surface area contributed by atoms with E-state index in [9.17, 15) is 0 Å². The summed E-state index contributed by atoms with van der Waals surface area (Å²) in [5, 5.41) is 4.29. The molecule has 9 aromatic rings. The Balaban J connectivity index is 1.23. The van der Waals surface area contributed by atoms with Crippen molar-refractivity contribution in [2.45, 2.75) is 0 Å². The monoisotopic (exact) mass is 578 g/mol. The zero-order chi connectivity index (χ0) is 29.7. The molecule has 9 rings (SSSR count). The molecule has 4 nitrogen and oxygen atoms in total. The van der Waals surface area contributed by atoms with Crippen LogP contribution in [0.15, 0.2) is 167 Å². The molecule has 0 aliphatic carbocycles. The van der Waals surface area contributed by atoms with Crippen LogP contribution in [0.4, 0.5) is 17.1 Å². The molecule has 0 saturated heterocycles. The maximum Gasteiger partial charge on any atom is 0.227 e. The number of hydrogen-bond acceptors (Lipinski definition) is 4. The van der Waals surface area contributed by atoms with Crippen molar-refractivity contribution in [2.24, 2.45) is 0 Å². The van der Waals surface area contributed by atoms with Gasteiger partial charge in [-0.2, -0.15) is 0 Å². The zero-order valence-corrected chi connectivity index (χ0v) is 24.2. The molecule has 0 saturated carbocycles. The van der Waals surface area contributed by atoms with E-state index in [2.05, 4.69) is 108 Å². The maximum atomic E-state index is 6.43. The van der Waals surface area contributed by atoms with Crippen LogP contribution in [0.2, 0.25) is 0 Å². The van der Waals surface area contributed by atoms with E-state index < -0.39 is 0 Å². The van der Waals surface area contributed by atoms with Crippen LogP contribution in [-0.2, 0) is 0 Å². The highest BCUT2D eigenvalue weighted by Gasteiger charge is 2.18. The maximum absolute atomic E-state index is 6.43. The van der Waals surface area contributed by atoms with Crippen molar-refractivity contribution < 1.29 is 8.83 Å². The predicted octanol–water partition coefficient (Wildman–Crippen LogP) is 11.7. The number of aromatic nitrogens is 1. The van der Waals surface area contributed by atoms with Crippen LogP contribution in [0.3, 0.4) is 0 Å². The summed E-state index contributed by atoms with van der Waals surface area (Å²) in [5.74, 6) is 0.620. The lowest BCUT2D eigenvalue weighted by atomic mass is 10.0. The number of fused-ring (bicyclic) bond motifs is 6. The fourth-order valence-corrected chi connectivity index (χ4v) is 6.27. The number of furan rings is 1. The molecule has 4 heteroatoms. The van der Waals surface area contributed by atoms with Gasteiger partial charge in [-0.3, -0.25) is 0 Å². The first-order chi connectivity index (χ1) is 22.3. The third kappa shape index (κ3) is 4.35. The van der Waals surface area contributed by atoms with E-state index in [1.165, 1.54) is 11.1 Å². The lowest BCUT2D eigenvalue weighted by Crippen LogP contribution is -2.09. The Morgan fingerprint density at radius 3 is 1.82 bits per heavy atom. The first-order valence-electron chi connectivity index (χ1n) is 15.0. The molecular weight excluding hydrogens is 552 g/mol. The highest BCUT2D eigenvalue weighted by molar-refractivity contribution is 6.08. The molecule has 2 aromatic heterocycles. The summed E-state index contributed by atoms with van der Waals surface area (Å²) in [6, 6.07) is 54.6. The quantitative estimate of drug-likeness (QED) is 0.204. The topological polar surface area (TPSA) is 42.4 Å². The summed E-state index contributed by atoms with van der Waals surface area (Å²) in [5.41, 5.74) is 9.80. The van der Waals surface area contributed by atoms with Crippen molar-refractivity contribution in [3.63, 3.8) is 0 Å². The Labute approximate surface area is 259 Å². The van der Waals surface area contributed by atoms with Crippen LogP contribution in [0.25, 0.3) is 66.4 Å². The molecule has 0 bridgehead atoms. The average Bonchev–Trinajstić information content (AvgIpc) is 3.72. The van der Waals surface area contributed by atoms with Crippen molar-refractivity contribution in [1.82, 2.24) is 4.98 Å². The van der Waals surface area contributed by atoms with Gasteiger partial charge in [0.15, 0.2) is 5.58 Å². The molecule has 0 amide bonds. The minimum absolute atomic E-state index is 0.620. The van der Waals surface area contributed by atoms with E-state index in [1.807, 2.05) is 54.6 Å². The lowest BCUT2D eigenvalue weighted by Gasteiger charge is -2.26. The van der Waals surface area contributed by atoms with Gasteiger partial charge in [0, 0.05) is 38.8 Å². The van der Waals surface area contributed by atoms with Crippen LogP contribution in [0.1, 0.15) is 0 Å². The Morgan fingerprint density at radius 1 is 0.422 bits per heavy atom. The normalized spacial score (nSPS) is 11.6. The van der Waals surface area contributed by atoms with Gasteiger partial charge in [0.05, 0.1) is 0 Å². The molecule has 0 unspecified atom stereocenters.